The van der Waals surface area contributed by atoms with Gasteiger partial charge in [-0.25, -0.2) is 4.98 Å². The number of benzene rings is 2. The lowest BCUT2D eigenvalue weighted by molar-refractivity contribution is 0.355. The van der Waals surface area contributed by atoms with Crippen molar-refractivity contribution in [3.8, 4) is 23.8 Å². The summed E-state index contributed by atoms with van der Waals surface area (Å²) in [6, 6.07) is 14.9. The van der Waals surface area contributed by atoms with Gasteiger partial charge in [-0.3, -0.25) is 0 Å². The number of hydrogen-bond acceptors (Lipinski definition) is 9. The summed E-state index contributed by atoms with van der Waals surface area (Å²) in [6.07, 6.45) is 1.57. The minimum absolute atomic E-state index is 0.297. The standard InChI is InChI=1S/C26H28N8O3S/c1-18-13-20(16-27)14-19(2)25(18)37-24-7-8-29-26(31-24)30-22-5-6-23(21(15-22)17-28)33-9-11-34(12-10-33)38(35,36)32(3)4/h5-8,13-15H,9-12H2,1-4H3,(H,29,30,31). The van der Waals surface area contributed by atoms with Gasteiger partial charge in [0.25, 0.3) is 10.2 Å². The van der Waals surface area contributed by atoms with Crippen LogP contribution in [0.15, 0.2) is 42.6 Å². The molecule has 3 aromatic rings. The van der Waals surface area contributed by atoms with Crippen LogP contribution < -0.4 is 15.0 Å². The average Bonchev–Trinajstić information content (AvgIpc) is 2.90. The highest BCUT2D eigenvalue weighted by atomic mass is 32.2. The molecule has 1 fully saturated rings. The zero-order valence-corrected chi connectivity index (χ0v) is 22.4. The second-order valence-corrected chi connectivity index (χ2v) is 11.2. The molecule has 0 atom stereocenters. The van der Waals surface area contributed by atoms with Crippen LogP contribution in [0.3, 0.4) is 0 Å². The van der Waals surface area contributed by atoms with Gasteiger partial charge in [0.05, 0.1) is 22.9 Å². The van der Waals surface area contributed by atoms with E-state index in [9.17, 15) is 13.7 Å². The summed E-state index contributed by atoms with van der Waals surface area (Å²) >= 11 is 0. The molecule has 0 spiro atoms. The van der Waals surface area contributed by atoms with Crippen molar-refractivity contribution in [2.24, 2.45) is 0 Å². The van der Waals surface area contributed by atoms with E-state index in [-0.39, 0.29) is 0 Å². The van der Waals surface area contributed by atoms with Crippen molar-refractivity contribution in [2.45, 2.75) is 13.8 Å². The lowest BCUT2D eigenvalue weighted by Crippen LogP contribution is -2.51. The van der Waals surface area contributed by atoms with Crippen molar-refractivity contribution in [1.82, 2.24) is 18.6 Å². The third-order valence-corrected chi connectivity index (χ3v) is 8.11. The minimum Gasteiger partial charge on any atom is -0.438 e. The predicted molar refractivity (Wildman–Crippen MR) is 144 cm³/mol. The largest absolute Gasteiger partial charge is 0.438 e. The fraction of sp³-hybridized carbons (Fsp3) is 0.308. The summed E-state index contributed by atoms with van der Waals surface area (Å²) in [7, 11) is -0.435. The molecule has 1 saturated heterocycles. The zero-order valence-electron chi connectivity index (χ0n) is 21.6. The smallest absolute Gasteiger partial charge is 0.281 e. The maximum atomic E-state index is 12.4. The zero-order chi connectivity index (χ0) is 27.4. The highest BCUT2D eigenvalue weighted by Crippen LogP contribution is 2.30. The number of rotatable bonds is 7. The van der Waals surface area contributed by atoms with E-state index in [0.29, 0.717) is 60.6 Å². The van der Waals surface area contributed by atoms with Crippen LogP contribution in [0.4, 0.5) is 17.3 Å². The number of nitriles is 2. The molecule has 0 aliphatic carbocycles. The Morgan fingerprint density at radius 3 is 2.29 bits per heavy atom. The van der Waals surface area contributed by atoms with E-state index in [0.717, 1.165) is 16.8 Å². The highest BCUT2D eigenvalue weighted by molar-refractivity contribution is 7.86. The Hall–Kier alpha value is -4.23. The van der Waals surface area contributed by atoms with Gasteiger partial charge in [0.2, 0.25) is 11.8 Å². The van der Waals surface area contributed by atoms with Gasteiger partial charge in [-0.15, -0.1) is 0 Å². The Balaban J connectivity index is 1.48. The van der Waals surface area contributed by atoms with Crippen LogP contribution in [0.5, 0.6) is 11.6 Å². The quantitative estimate of drug-likeness (QED) is 0.485. The van der Waals surface area contributed by atoms with Crippen LogP contribution in [0.2, 0.25) is 0 Å². The van der Waals surface area contributed by atoms with Gasteiger partial charge in [-0.2, -0.15) is 32.5 Å². The van der Waals surface area contributed by atoms with Crippen LogP contribution in [-0.4, -0.2) is 67.3 Å². The molecular formula is C26H28N8O3S. The van der Waals surface area contributed by atoms with Crippen LogP contribution >= 0.6 is 0 Å². The number of aryl methyl sites for hydroxylation is 2. The van der Waals surface area contributed by atoms with Gasteiger partial charge in [0.1, 0.15) is 11.8 Å². The molecule has 0 unspecified atom stereocenters. The fourth-order valence-electron chi connectivity index (χ4n) is 4.24. The summed E-state index contributed by atoms with van der Waals surface area (Å²) in [4.78, 5) is 10.7. The molecule has 4 rings (SSSR count). The maximum Gasteiger partial charge on any atom is 0.281 e. The Morgan fingerprint density at radius 1 is 1.00 bits per heavy atom. The molecule has 1 aliphatic heterocycles. The Bertz CT molecular complexity index is 1510. The van der Waals surface area contributed by atoms with E-state index in [1.165, 1.54) is 22.7 Å². The van der Waals surface area contributed by atoms with E-state index in [1.807, 2.05) is 30.9 Å². The summed E-state index contributed by atoms with van der Waals surface area (Å²) in [5.41, 5.74) is 4.03. The first-order chi connectivity index (χ1) is 18.1. The lowest BCUT2D eigenvalue weighted by atomic mass is 10.1. The van der Waals surface area contributed by atoms with Gasteiger partial charge in [0, 0.05) is 58.2 Å². The molecule has 2 heterocycles. The number of anilines is 3. The first-order valence-corrected chi connectivity index (χ1v) is 13.3. The first-order valence-electron chi connectivity index (χ1n) is 11.9. The monoisotopic (exact) mass is 532 g/mol. The minimum atomic E-state index is -3.47. The van der Waals surface area contributed by atoms with Gasteiger partial charge in [-0.05, 0) is 55.3 Å². The fourth-order valence-corrected chi connectivity index (χ4v) is 5.33. The van der Waals surface area contributed by atoms with Gasteiger partial charge in [0.15, 0.2) is 0 Å². The number of nitrogens with one attached hydrogen (secondary N) is 1. The van der Waals surface area contributed by atoms with Crippen LogP contribution in [0, 0.1) is 36.5 Å². The van der Waals surface area contributed by atoms with Crippen LogP contribution in [0.1, 0.15) is 22.3 Å². The third-order valence-electron chi connectivity index (χ3n) is 6.17. The summed E-state index contributed by atoms with van der Waals surface area (Å²) in [6.45, 7) is 5.37. The summed E-state index contributed by atoms with van der Waals surface area (Å²) < 4.78 is 33.4. The topological polar surface area (TPSA) is 138 Å². The number of ether oxygens (including phenoxy) is 1. The molecule has 1 aliphatic rings. The van der Waals surface area contributed by atoms with Crippen molar-refractivity contribution in [3.05, 3.63) is 64.8 Å². The second-order valence-electron chi connectivity index (χ2n) is 9.02. The van der Waals surface area contributed by atoms with Gasteiger partial charge in [-0.1, -0.05) is 0 Å². The SMILES string of the molecule is Cc1cc(C#N)cc(C)c1Oc1ccnc(Nc2ccc(N3CCN(S(=O)(=O)N(C)C)CC3)c(C#N)c2)n1. The molecule has 0 bridgehead atoms. The molecule has 12 heteroatoms. The summed E-state index contributed by atoms with van der Waals surface area (Å²) in [5, 5.41) is 22.1. The molecule has 196 valence electrons. The Kier molecular flexibility index (Phi) is 7.78. The molecule has 0 saturated carbocycles. The molecule has 1 aromatic heterocycles. The molecule has 11 nitrogen and oxygen atoms in total. The van der Waals surface area contributed by atoms with Crippen molar-refractivity contribution in [3.63, 3.8) is 0 Å². The normalized spacial score (nSPS) is 14.1. The number of piperazine rings is 1. The Morgan fingerprint density at radius 2 is 1.68 bits per heavy atom. The van der Waals surface area contributed by atoms with Crippen molar-refractivity contribution >= 4 is 27.5 Å². The Labute approximate surface area is 222 Å². The van der Waals surface area contributed by atoms with Crippen LogP contribution in [0.25, 0.3) is 0 Å². The van der Waals surface area contributed by atoms with E-state index in [4.69, 9.17) is 10.00 Å². The van der Waals surface area contributed by atoms with Gasteiger partial charge < -0.3 is 15.0 Å². The number of aromatic nitrogens is 2. The third kappa shape index (κ3) is 5.68. The molecule has 38 heavy (non-hydrogen) atoms. The molecule has 1 N–H and O–H groups in total. The number of hydrogen-bond donors (Lipinski definition) is 1. The average molecular weight is 533 g/mol. The van der Waals surface area contributed by atoms with Crippen LogP contribution in [-0.2, 0) is 10.2 Å². The van der Waals surface area contributed by atoms with E-state index in [2.05, 4.69) is 27.4 Å². The molecule has 2 aromatic carbocycles. The van der Waals surface area contributed by atoms with Crippen molar-refractivity contribution < 1.29 is 13.2 Å². The van der Waals surface area contributed by atoms with E-state index < -0.39 is 10.2 Å². The van der Waals surface area contributed by atoms with Crippen molar-refractivity contribution in [1.29, 1.82) is 10.5 Å². The highest BCUT2D eigenvalue weighted by Gasteiger charge is 2.29. The number of nitrogens with zero attached hydrogens (tertiary/aromatic N) is 7. The second kappa shape index (κ2) is 11.0. The first kappa shape index (κ1) is 26.8. The van der Waals surface area contributed by atoms with E-state index in [1.54, 1.807) is 30.5 Å². The van der Waals surface area contributed by atoms with Gasteiger partial charge >= 0.3 is 0 Å². The molecule has 0 amide bonds. The molecular weight excluding hydrogens is 504 g/mol. The molecule has 0 radical (unpaired) electrons. The lowest BCUT2D eigenvalue weighted by Gasteiger charge is -2.36. The predicted octanol–water partition coefficient (Wildman–Crippen LogP) is 3.30. The van der Waals surface area contributed by atoms with E-state index >= 15 is 0 Å². The maximum absolute atomic E-state index is 12.4. The van der Waals surface area contributed by atoms with Crippen molar-refractivity contribution in [2.75, 3.05) is 50.5 Å². The summed E-state index contributed by atoms with van der Waals surface area (Å²) in [5.74, 6) is 1.26.